The minimum absolute atomic E-state index is 0.0421. The van der Waals surface area contributed by atoms with E-state index in [4.69, 9.17) is 0 Å². The Labute approximate surface area is 110 Å². The SMILES string of the molecule is CCc1cc(CNCCOCC(F)(F)F)n(CC)n1. The fourth-order valence-electron chi connectivity index (χ4n) is 1.65. The summed E-state index contributed by atoms with van der Waals surface area (Å²) in [5.41, 5.74) is 2.06. The third-order valence-electron chi connectivity index (χ3n) is 2.57. The lowest BCUT2D eigenvalue weighted by atomic mass is 10.3. The largest absolute Gasteiger partial charge is 0.411 e. The van der Waals surface area contributed by atoms with Gasteiger partial charge >= 0.3 is 6.18 Å². The number of halogens is 3. The van der Waals surface area contributed by atoms with Crippen LogP contribution < -0.4 is 5.32 Å². The molecule has 0 atom stereocenters. The van der Waals surface area contributed by atoms with Crippen LogP contribution in [0, 0.1) is 0 Å². The van der Waals surface area contributed by atoms with E-state index in [1.165, 1.54) is 0 Å². The van der Waals surface area contributed by atoms with Crippen molar-refractivity contribution in [2.45, 2.75) is 39.5 Å². The van der Waals surface area contributed by atoms with Crippen LogP contribution in [0.5, 0.6) is 0 Å². The lowest BCUT2D eigenvalue weighted by molar-refractivity contribution is -0.173. The van der Waals surface area contributed by atoms with Crippen molar-refractivity contribution < 1.29 is 17.9 Å². The van der Waals surface area contributed by atoms with Crippen LogP contribution in [0.2, 0.25) is 0 Å². The summed E-state index contributed by atoms with van der Waals surface area (Å²) in [5, 5.41) is 7.44. The van der Waals surface area contributed by atoms with Crippen molar-refractivity contribution in [1.82, 2.24) is 15.1 Å². The first-order chi connectivity index (χ1) is 8.96. The molecule has 19 heavy (non-hydrogen) atoms. The van der Waals surface area contributed by atoms with Gasteiger partial charge in [0.15, 0.2) is 0 Å². The molecule has 0 bridgehead atoms. The van der Waals surface area contributed by atoms with Crippen molar-refractivity contribution in [2.24, 2.45) is 0 Å². The van der Waals surface area contributed by atoms with Gasteiger partial charge in [-0.1, -0.05) is 6.92 Å². The second-order valence-electron chi connectivity index (χ2n) is 4.14. The molecule has 0 fully saturated rings. The molecule has 0 radical (unpaired) electrons. The van der Waals surface area contributed by atoms with Crippen molar-refractivity contribution in [1.29, 1.82) is 0 Å². The van der Waals surface area contributed by atoms with E-state index in [2.05, 4.69) is 15.2 Å². The van der Waals surface area contributed by atoms with Crippen LogP contribution in [0.1, 0.15) is 25.2 Å². The van der Waals surface area contributed by atoms with Gasteiger partial charge in [-0.2, -0.15) is 18.3 Å². The minimum Gasteiger partial charge on any atom is -0.371 e. The Morgan fingerprint density at radius 2 is 2.11 bits per heavy atom. The molecule has 0 aliphatic rings. The molecule has 110 valence electrons. The van der Waals surface area contributed by atoms with Gasteiger partial charge in [0.05, 0.1) is 18.0 Å². The summed E-state index contributed by atoms with van der Waals surface area (Å²) in [7, 11) is 0. The van der Waals surface area contributed by atoms with Gasteiger partial charge in [-0.15, -0.1) is 0 Å². The van der Waals surface area contributed by atoms with Crippen molar-refractivity contribution in [2.75, 3.05) is 19.8 Å². The van der Waals surface area contributed by atoms with Gasteiger partial charge < -0.3 is 10.1 Å². The van der Waals surface area contributed by atoms with E-state index in [1.54, 1.807) is 0 Å². The Hall–Kier alpha value is -1.08. The maximum absolute atomic E-state index is 11.8. The van der Waals surface area contributed by atoms with Gasteiger partial charge in [-0.25, -0.2) is 0 Å². The zero-order valence-corrected chi connectivity index (χ0v) is 11.3. The normalized spacial score (nSPS) is 12.1. The van der Waals surface area contributed by atoms with Gasteiger partial charge in [-0.3, -0.25) is 4.68 Å². The number of aryl methyl sites for hydroxylation is 2. The zero-order valence-electron chi connectivity index (χ0n) is 11.3. The first-order valence-electron chi connectivity index (χ1n) is 6.37. The summed E-state index contributed by atoms with van der Waals surface area (Å²) in [5.74, 6) is 0. The summed E-state index contributed by atoms with van der Waals surface area (Å²) >= 11 is 0. The number of rotatable bonds is 8. The molecule has 0 saturated heterocycles. The second-order valence-corrected chi connectivity index (χ2v) is 4.14. The monoisotopic (exact) mass is 279 g/mol. The molecule has 0 spiro atoms. The number of nitrogens with one attached hydrogen (secondary N) is 1. The average molecular weight is 279 g/mol. The smallest absolute Gasteiger partial charge is 0.371 e. The molecule has 1 aromatic heterocycles. The number of aromatic nitrogens is 2. The molecular weight excluding hydrogens is 259 g/mol. The van der Waals surface area contributed by atoms with Gasteiger partial charge in [0.2, 0.25) is 0 Å². The summed E-state index contributed by atoms with van der Waals surface area (Å²) in [6.45, 7) is 4.62. The van der Waals surface area contributed by atoms with E-state index in [1.807, 2.05) is 24.6 Å². The van der Waals surface area contributed by atoms with E-state index in [0.29, 0.717) is 13.1 Å². The van der Waals surface area contributed by atoms with E-state index < -0.39 is 12.8 Å². The van der Waals surface area contributed by atoms with E-state index in [0.717, 1.165) is 24.4 Å². The third-order valence-corrected chi connectivity index (χ3v) is 2.57. The molecule has 1 heterocycles. The van der Waals surface area contributed by atoms with Crippen molar-refractivity contribution >= 4 is 0 Å². The average Bonchev–Trinajstić information content (AvgIpc) is 2.74. The third kappa shape index (κ3) is 6.07. The Balaban J connectivity index is 2.24. The Morgan fingerprint density at radius 1 is 1.37 bits per heavy atom. The maximum Gasteiger partial charge on any atom is 0.411 e. The van der Waals surface area contributed by atoms with E-state index >= 15 is 0 Å². The highest BCUT2D eigenvalue weighted by Crippen LogP contribution is 2.14. The molecule has 0 aliphatic heterocycles. The van der Waals surface area contributed by atoms with Gasteiger partial charge in [0.1, 0.15) is 6.61 Å². The van der Waals surface area contributed by atoms with Crippen molar-refractivity contribution in [3.8, 4) is 0 Å². The number of nitrogens with zero attached hydrogens (tertiary/aromatic N) is 2. The number of ether oxygens (including phenoxy) is 1. The fraction of sp³-hybridized carbons (Fsp3) is 0.750. The first-order valence-corrected chi connectivity index (χ1v) is 6.37. The van der Waals surface area contributed by atoms with Gasteiger partial charge in [0, 0.05) is 19.6 Å². The van der Waals surface area contributed by atoms with Crippen LogP contribution in [-0.2, 0) is 24.2 Å². The van der Waals surface area contributed by atoms with Crippen LogP contribution in [0.3, 0.4) is 0 Å². The van der Waals surface area contributed by atoms with Crippen molar-refractivity contribution in [3.05, 3.63) is 17.5 Å². The number of hydrogen-bond acceptors (Lipinski definition) is 3. The summed E-state index contributed by atoms with van der Waals surface area (Å²) < 4.78 is 41.8. The molecule has 0 amide bonds. The quantitative estimate of drug-likeness (QED) is 0.741. The van der Waals surface area contributed by atoms with Gasteiger partial charge in [-0.05, 0) is 19.4 Å². The standard InChI is InChI=1S/C12H20F3N3O/c1-3-10-7-11(18(4-2)17-10)8-16-5-6-19-9-12(13,14)15/h7,16H,3-6,8-9H2,1-2H3. The van der Waals surface area contributed by atoms with E-state index in [-0.39, 0.29) is 6.61 Å². The van der Waals surface area contributed by atoms with Crippen LogP contribution in [0.4, 0.5) is 13.2 Å². The molecule has 4 nitrogen and oxygen atoms in total. The second kappa shape index (κ2) is 7.49. The lowest BCUT2D eigenvalue weighted by Gasteiger charge is -2.09. The Morgan fingerprint density at radius 3 is 2.68 bits per heavy atom. The predicted octanol–water partition coefficient (Wildman–Crippen LogP) is 2.13. The molecule has 7 heteroatoms. The van der Waals surface area contributed by atoms with Crippen LogP contribution >= 0.6 is 0 Å². The van der Waals surface area contributed by atoms with Crippen LogP contribution in [0.15, 0.2) is 6.07 Å². The summed E-state index contributed by atoms with van der Waals surface area (Å²) in [4.78, 5) is 0. The molecular formula is C12H20F3N3O. The molecule has 0 saturated carbocycles. The summed E-state index contributed by atoms with van der Waals surface area (Å²) in [6, 6.07) is 2.01. The molecule has 0 unspecified atom stereocenters. The van der Waals surface area contributed by atoms with Gasteiger partial charge in [0.25, 0.3) is 0 Å². The number of alkyl halides is 3. The first kappa shape index (κ1) is 16.0. The van der Waals surface area contributed by atoms with Crippen LogP contribution in [0.25, 0.3) is 0 Å². The molecule has 0 aromatic carbocycles. The van der Waals surface area contributed by atoms with Crippen LogP contribution in [-0.4, -0.2) is 35.7 Å². The fourth-order valence-corrected chi connectivity index (χ4v) is 1.65. The Kier molecular flexibility index (Phi) is 6.30. The highest BCUT2D eigenvalue weighted by atomic mass is 19.4. The molecule has 1 N–H and O–H groups in total. The molecule has 0 aliphatic carbocycles. The van der Waals surface area contributed by atoms with E-state index in [9.17, 15) is 13.2 Å². The molecule has 1 rings (SSSR count). The highest BCUT2D eigenvalue weighted by molar-refractivity contribution is 5.10. The lowest BCUT2D eigenvalue weighted by Crippen LogP contribution is -2.24. The van der Waals surface area contributed by atoms with Crippen molar-refractivity contribution in [3.63, 3.8) is 0 Å². The zero-order chi connectivity index (χ0) is 14.3. The maximum atomic E-state index is 11.8. The predicted molar refractivity (Wildman–Crippen MR) is 65.9 cm³/mol. The Bertz CT molecular complexity index is 377. The minimum atomic E-state index is -4.25. The highest BCUT2D eigenvalue weighted by Gasteiger charge is 2.27. The topological polar surface area (TPSA) is 39.1 Å². The number of hydrogen-bond donors (Lipinski definition) is 1. The summed E-state index contributed by atoms with van der Waals surface area (Å²) in [6.07, 6.45) is -3.38. The molecule has 1 aromatic rings.